The highest BCUT2D eigenvalue weighted by Crippen LogP contribution is 2.17. The van der Waals surface area contributed by atoms with Gasteiger partial charge >= 0.3 is 23.9 Å². The van der Waals surface area contributed by atoms with Gasteiger partial charge in [0.05, 0.1) is 48.7 Å². The Morgan fingerprint density at radius 1 is 0.362 bits per heavy atom. The summed E-state index contributed by atoms with van der Waals surface area (Å²) in [5.41, 5.74) is 1.11. The fourth-order valence-corrected chi connectivity index (χ4v) is 6.34. The number of hydrogen-bond donors (Lipinski definition) is 0. The summed E-state index contributed by atoms with van der Waals surface area (Å²) in [7, 11) is 0. The van der Waals surface area contributed by atoms with Gasteiger partial charge in [0.1, 0.15) is 0 Å². The van der Waals surface area contributed by atoms with Crippen molar-refractivity contribution in [1.82, 2.24) is 0 Å². The van der Waals surface area contributed by atoms with E-state index >= 15 is 0 Å². The summed E-state index contributed by atoms with van der Waals surface area (Å²) in [6.07, 6.45) is 27.6. The highest BCUT2D eigenvalue weighted by atomic mass is 16.5. The molecule has 328 valence electrons. The maximum Gasteiger partial charge on any atom is 0.339 e. The topological polar surface area (TPSA) is 105 Å². The fourth-order valence-electron chi connectivity index (χ4n) is 6.34. The second-order valence-corrected chi connectivity index (χ2v) is 16.4. The second-order valence-electron chi connectivity index (χ2n) is 16.4. The van der Waals surface area contributed by atoms with Crippen LogP contribution in [0.2, 0.25) is 0 Å². The first-order chi connectivity index (χ1) is 28.1. The van der Waals surface area contributed by atoms with E-state index in [0.29, 0.717) is 37.6 Å². The van der Waals surface area contributed by atoms with Gasteiger partial charge in [-0.15, -0.1) is 0 Å². The molecule has 0 aliphatic carbocycles. The molecule has 0 aliphatic rings. The molecule has 0 unspecified atom stereocenters. The van der Waals surface area contributed by atoms with E-state index in [9.17, 15) is 19.2 Å². The van der Waals surface area contributed by atoms with Gasteiger partial charge in [0, 0.05) is 0 Å². The minimum atomic E-state index is -0.490. The summed E-state index contributed by atoms with van der Waals surface area (Å²) in [5, 5.41) is 0. The smallest absolute Gasteiger partial charge is 0.339 e. The van der Waals surface area contributed by atoms with Crippen LogP contribution in [-0.2, 0) is 18.9 Å². The van der Waals surface area contributed by atoms with Crippen LogP contribution >= 0.6 is 0 Å². The van der Waals surface area contributed by atoms with Crippen molar-refractivity contribution >= 4 is 23.9 Å². The summed E-state index contributed by atoms with van der Waals surface area (Å²) in [5.74, 6) is -1.34. The van der Waals surface area contributed by atoms with Crippen molar-refractivity contribution in [2.75, 3.05) is 26.4 Å². The van der Waals surface area contributed by atoms with Gasteiger partial charge in [-0.05, 0) is 48.9 Å². The van der Waals surface area contributed by atoms with Crippen LogP contribution in [0.3, 0.4) is 0 Å². The van der Waals surface area contributed by atoms with Gasteiger partial charge in [0.15, 0.2) is 0 Å². The average molecular weight is 809 g/mol. The third-order valence-electron chi connectivity index (χ3n) is 9.79. The number of carbonyl (C=O) groups is 4. The van der Waals surface area contributed by atoms with Crippen LogP contribution in [0.15, 0.2) is 48.5 Å². The molecule has 0 aliphatic heterocycles. The van der Waals surface area contributed by atoms with Gasteiger partial charge in [0.2, 0.25) is 0 Å². The van der Waals surface area contributed by atoms with Crippen LogP contribution in [0.4, 0.5) is 0 Å². The summed E-state index contributed by atoms with van der Waals surface area (Å²) < 4.78 is 21.3. The lowest BCUT2D eigenvalue weighted by molar-refractivity contribution is 0.0412. The van der Waals surface area contributed by atoms with E-state index in [1.165, 1.54) is 116 Å². The largest absolute Gasteiger partial charge is 0.462 e. The van der Waals surface area contributed by atoms with Crippen molar-refractivity contribution in [3.63, 3.8) is 0 Å². The van der Waals surface area contributed by atoms with Crippen LogP contribution in [0.25, 0.3) is 0 Å². The molecule has 2 rings (SSSR count). The van der Waals surface area contributed by atoms with Crippen LogP contribution in [-0.4, -0.2) is 50.3 Å². The molecular weight excluding hydrogens is 729 g/mol. The number of benzene rings is 2. The van der Waals surface area contributed by atoms with Gasteiger partial charge in [0.25, 0.3) is 0 Å². The number of rotatable bonds is 32. The predicted octanol–water partition coefficient (Wildman–Crippen LogP) is 13.9. The normalized spacial score (nSPS) is 10.9. The number of carbonyl (C=O) groups excluding carboxylic acids is 4. The molecule has 0 saturated carbocycles. The molecule has 8 heteroatoms. The van der Waals surface area contributed by atoms with Crippen molar-refractivity contribution in [2.24, 2.45) is 11.8 Å². The van der Waals surface area contributed by atoms with E-state index in [1.54, 1.807) is 48.5 Å². The second kappa shape index (κ2) is 35.3. The fraction of sp³-hybridized carbons (Fsp3) is 0.680. The lowest BCUT2D eigenvalue weighted by Crippen LogP contribution is -2.17. The Kier molecular flexibility index (Phi) is 31.8. The van der Waals surface area contributed by atoms with Gasteiger partial charge in [-0.25, -0.2) is 19.2 Å². The monoisotopic (exact) mass is 809 g/mol. The molecule has 0 bridgehead atoms. The Balaban J connectivity index is 0.000000704. The van der Waals surface area contributed by atoms with Gasteiger partial charge in [-0.2, -0.15) is 0 Å². The molecular formula is C50H80O8. The van der Waals surface area contributed by atoms with Crippen molar-refractivity contribution in [3.05, 3.63) is 70.8 Å². The predicted molar refractivity (Wildman–Crippen MR) is 237 cm³/mol. The summed E-state index contributed by atoms with van der Waals surface area (Å²) in [4.78, 5) is 49.2. The first-order valence-corrected chi connectivity index (χ1v) is 23.0. The Hall–Kier alpha value is -3.68. The van der Waals surface area contributed by atoms with E-state index in [4.69, 9.17) is 18.9 Å². The first kappa shape index (κ1) is 52.3. The molecule has 0 N–H and O–H groups in total. The first-order valence-electron chi connectivity index (χ1n) is 23.0. The zero-order valence-electron chi connectivity index (χ0n) is 37.4. The average Bonchev–Trinajstić information content (AvgIpc) is 3.22. The van der Waals surface area contributed by atoms with Crippen molar-refractivity contribution in [1.29, 1.82) is 0 Å². The van der Waals surface area contributed by atoms with Crippen LogP contribution in [0.1, 0.15) is 224 Å². The maximum atomic E-state index is 12.6. The highest BCUT2D eigenvalue weighted by Gasteiger charge is 2.20. The molecule has 0 spiro atoms. The Bertz CT molecular complexity index is 1260. The Morgan fingerprint density at radius 3 is 0.828 bits per heavy atom. The molecule has 0 heterocycles. The molecule has 0 fully saturated rings. The van der Waals surface area contributed by atoms with E-state index in [2.05, 4.69) is 13.8 Å². The zero-order chi connectivity index (χ0) is 42.6. The molecule has 58 heavy (non-hydrogen) atoms. The lowest BCUT2D eigenvalue weighted by Gasteiger charge is -2.11. The quantitative estimate of drug-likeness (QED) is 0.0409. The van der Waals surface area contributed by atoms with E-state index < -0.39 is 23.9 Å². The number of ether oxygens (including phenoxy) is 4. The summed E-state index contributed by atoms with van der Waals surface area (Å²) in [6.45, 7) is 13.8. The molecule has 2 aromatic rings. The van der Waals surface area contributed by atoms with Gasteiger partial charge in [-0.3, -0.25) is 0 Å². The standard InChI is InChI=1S/C34H58O4.C16H22O4/c1-3-5-7-9-11-13-15-17-19-21-25-29-37-33(35)31-27-23-24-28-32(31)34(36)38-30-26-22-20-18-16-14-12-10-8-6-4-2;1-11(2)9-19-15(17)13-7-5-6-8-14(13)16(18)20-10-12(3)4/h23-24,27-28H,3-22,25-26,29-30H2,1-2H3;5-8,11-12H,9-10H2,1-4H3. The van der Waals surface area contributed by atoms with Crippen molar-refractivity contribution in [2.45, 2.75) is 183 Å². The number of unbranched alkanes of at least 4 members (excludes halogenated alkanes) is 20. The molecule has 0 aromatic heterocycles. The molecule has 0 saturated heterocycles. The maximum absolute atomic E-state index is 12.6. The van der Waals surface area contributed by atoms with E-state index in [0.717, 1.165) is 25.7 Å². The molecule has 8 nitrogen and oxygen atoms in total. The minimum Gasteiger partial charge on any atom is -0.462 e. The minimum absolute atomic E-state index is 0.249. The third kappa shape index (κ3) is 26.3. The molecule has 2 aromatic carbocycles. The van der Waals surface area contributed by atoms with Crippen LogP contribution in [0.5, 0.6) is 0 Å². The number of esters is 4. The van der Waals surface area contributed by atoms with Crippen molar-refractivity contribution in [3.8, 4) is 0 Å². The number of hydrogen-bond acceptors (Lipinski definition) is 8. The summed E-state index contributed by atoms with van der Waals surface area (Å²) in [6, 6.07) is 13.4. The molecule has 0 radical (unpaired) electrons. The molecule has 0 atom stereocenters. The highest BCUT2D eigenvalue weighted by molar-refractivity contribution is 6.03. The van der Waals surface area contributed by atoms with E-state index in [-0.39, 0.29) is 23.0 Å². The lowest BCUT2D eigenvalue weighted by atomic mass is 10.1. The third-order valence-corrected chi connectivity index (χ3v) is 9.79. The zero-order valence-corrected chi connectivity index (χ0v) is 37.4. The SMILES string of the molecule is CC(C)COC(=O)c1ccccc1C(=O)OCC(C)C.CCCCCCCCCCCCCOC(=O)c1ccccc1C(=O)OCCCCCCCCCCCCC. The van der Waals surface area contributed by atoms with Crippen LogP contribution < -0.4 is 0 Å². The Morgan fingerprint density at radius 2 is 0.586 bits per heavy atom. The van der Waals surface area contributed by atoms with Crippen LogP contribution in [0, 0.1) is 11.8 Å². The molecule has 0 amide bonds. The Labute approximate surface area is 352 Å². The van der Waals surface area contributed by atoms with E-state index in [1.807, 2.05) is 27.7 Å². The van der Waals surface area contributed by atoms with Gasteiger partial charge < -0.3 is 18.9 Å². The van der Waals surface area contributed by atoms with Gasteiger partial charge in [-0.1, -0.05) is 194 Å². The van der Waals surface area contributed by atoms with Crippen molar-refractivity contribution < 1.29 is 38.1 Å². The summed E-state index contributed by atoms with van der Waals surface area (Å²) >= 11 is 0.